The fraction of sp³-hybridized carbons (Fsp3) is 0.304. The molecule has 0 aliphatic carbocycles. The first-order chi connectivity index (χ1) is 14.0. The third-order valence-corrected chi connectivity index (χ3v) is 6.95. The maximum Gasteiger partial charge on any atom is 0.260 e. The predicted molar refractivity (Wildman–Crippen MR) is 118 cm³/mol. The summed E-state index contributed by atoms with van der Waals surface area (Å²) < 4.78 is 2.30. The van der Waals surface area contributed by atoms with Crippen LogP contribution < -0.4 is 5.56 Å². The lowest BCUT2D eigenvalue weighted by Crippen LogP contribution is -2.36. The second-order valence-corrected chi connectivity index (χ2v) is 9.07. The van der Waals surface area contributed by atoms with Gasteiger partial charge in [0.25, 0.3) is 5.56 Å². The van der Waals surface area contributed by atoms with Crippen LogP contribution in [-0.2, 0) is 13.1 Å². The van der Waals surface area contributed by atoms with E-state index in [0.717, 1.165) is 39.7 Å². The minimum Gasteiger partial charge on any atom is -0.349 e. The van der Waals surface area contributed by atoms with E-state index >= 15 is 0 Å². The Morgan fingerprint density at radius 2 is 1.97 bits per heavy atom. The zero-order chi connectivity index (χ0) is 20.1. The number of aromatic amines is 1. The van der Waals surface area contributed by atoms with Crippen molar-refractivity contribution in [2.24, 2.45) is 0 Å². The van der Waals surface area contributed by atoms with Crippen LogP contribution in [0.15, 0.2) is 47.4 Å². The van der Waals surface area contributed by atoms with Crippen LogP contribution in [0.25, 0.3) is 21.3 Å². The first-order valence-corrected chi connectivity index (χ1v) is 10.8. The van der Waals surface area contributed by atoms with E-state index in [-0.39, 0.29) is 5.56 Å². The third-order valence-electron chi connectivity index (χ3n) is 5.95. The number of rotatable bonds is 3. The lowest BCUT2D eigenvalue weighted by atomic mass is 10.0. The lowest BCUT2D eigenvalue weighted by Gasteiger charge is -2.34. The molecule has 29 heavy (non-hydrogen) atoms. The van der Waals surface area contributed by atoms with Crippen molar-refractivity contribution >= 4 is 21.6 Å². The number of H-pyrrole nitrogens is 1. The molecule has 5 rings (SSSR count). The van der Waals surface area contributed by atoms with Crippen molar-refractivity contribution in [2.75, 3.05) is 6.54 Å². The first kappa shape index (κ1) is 18.3. The molecule has 1 aliphatic rings. The Labute approximate surface area is 173 Å². The summed E-state index contributed by atoms with van der Waals surface area (Å²) in [5, 5.41) is 0.709. The van der Waals surface area contributed by atoms with E-state index in [1.807, 2.05) is 0 Å². The molecular weight excluding hydrogens is 380 g/mol. The zero-order valence-electron chi connectivity index (χ0n) is 16.9. The fourth-order valence-corrected chi connectivity index (χ4v) is 5.41. The monoisotopic (exact) mass is 404 g/mol. The number of nitrogens with zero attached hydrogens (tertiary/aromatic N) is 3. The van der Waals surface area contributed by atoms with Crippen molar-refractivity contribution in [3.05, 3.63) is 74.9 Å². The summed E-state index contributed by atoms with van der Waals surface area (Å²) >= 11 is 1.61. The number of aromatic nitrogens is 3. The van der Waals surface area contributed by atoms with Crippen LogP contribution in [-0.4, -0.2) is 26.0 Å². The topological polar surface area (TPSA) is 53.9 Å². The molecule has 4 heterocycles. The molecule has 1 N–H and O–H groups in total. The van der Waals surface area contributed by atoms with Crippen molar-refractivity contribution < 1.29 is 0 Å². The van der Waals surface area contributed by atoms with Gasteiger partial charge in [0.2, 0.25) is 0 Å². The molecule has 148 valence electrons. The second kappa shape index (κ2) is 6.97. The van der Waals surface area contributed by atoms with Crippen LogP contribution in [0.5, 0.6) is 0 Å². The quantitative estimate of drug-likeness (QED) is 0.541. The molecule has 1 aromatic carbocycles. The van der Waals surface area contributed by atoms with Gasteiger partial charge in [-0.1, -0.05) is 29.8 Å². The van der Waals surface area contributed by atoms with E-state index in [4.69, 9.17) is 4.98 Å². The predicted octanol–water partition coefficient (Wildman–Crippen LogP) is 4.65. The Morgan fingerprint density at radius 3 is 2.76 bits per heavy atom. The van der Waals surface area contributed by atoms with Crippen LogP contribution in [0.1, 0.15) is 34.9 Å². The smallest absolute Gasteiger partial charge is 0.260 e. The van der Waals surface area contributed by atoms with Crippen molar-refractivity contribution in [3.8, 4) is 11.1 Å². The summed E-state index contributed by atoms with van der Waals surface area (Å²) in [5.41, 5.74) is 4.56. The van der Waals surface area contributed by atoms with Crippen molar-refractivity contribution in [1.82, 2.24) is 19.4 Å². The Morgan fingerprint density at radius 1 is 1.17 bits per heavy atom. The van der Waals surface area contributed by atoms with E-state index in [9.17, 15) is 4.79 Å². The van der Waals surface area contributed by atoms with Gasteiger partial charge >= 0.3 is 0 Å². The standard InChI is InChI=1S/C23H24N4OS/c1-14-6-8-17(9-7-14)20-16(3)29-23-21(20)22(28)24-19(25-23)13-27-12-11-26-10-4-5-18(26)15(27)2/h4-10,15H,11-13H2,1-3H3,(H,24,25,28)/t15-/m0/s1. The molecule has 0 amide bonds. The van der Waals surface area contributed by atoms with Crippen molar-refractivity contribution in [2.45, 2.75) is 39.9 Å². The molecule has 3 aromatic heterocycles. The van der Waals surface area contributed by atoms with E-state index in [1.165, 1.54) is 11.3 Å². The Bertz CT molecular complexity index is 1250. The Balaban J connectivity index is 1.51. The zero-order valence-corrected chi connectivity index (χ0v) is 17.7. The average molecular weight is 405 g/mol. The van der Waals surface area contributed by atoms with Gasteiger partial charge in [-0.3, -0.25) is 9.69 Å². The highest BCUT2D eigenvalue weighted by Crippen LogP contribution is 2.36. The van der Waals surface area contributed by atoms with Crippen LogP contribution in [0.4, 0.5) is 0 Å². The van der Waals surface area contributed by atoms with Gasteiger partial charge in [-0.05, 0) is 38.5 Å². The van der Waals surface area contributed by atoms with Crippen LogP contribution in [0.3, 0.4) is 0 Å². The Kier molecular flexibility index (Phi) is 4.41. The normalized spacial score (nSPS) is 17.0. The van der Waals surface area contributed by atoms with Crippen molar-refractivity contribution in [3.63, 3.8) is 0 Å². The molecule has 0 saturated carbocycles. The van der Waals surface area contributed by atoms with E-state index in [2.05, 4.69) is 77.8 Å². The number of nitrogens with one attached hydrogen (secondary N) is 1. The first-order valence-electron chi connectivity index (χ1n) is 9.99. The number of hydrogen-bond acceptors (Lipinski definition) is 4. The molecule has 0 spiro atoms. The largest absolute Gasteiger partial charge is 0.349 e. The second-order valence-electron chi connectivity index (χ2n) is 7.86. The van der Waals surface area contributed by atoms with Gasteiger partial charge in [0.05, 0.1) is 11.9 Å². The maximum absolute atomic E-state index is 13.0. The van der Waals surface area contributed by atoms with E-state index < -0.39 is 0 Å². The number of hydrogen-bond donors (Lipinski definition) is 1. The lowest BCUT2D eigenvalue weighted by molar-refractivity contribution is 0.157. The molecule has 1 atom stereocenters. The van der Waals surface area contributed by atoms with Crippen LogP contribution in [0.2, 0.25) is 0 Å². The highest BCUT2D eigenvalue weighted by molar-refractivity contribution is 7.19. The molecule has 0 unspecified atom stereocenters. The maximum atomic E-state index is 13.0. The molecule has 4 aromatic rings. The van der Waals surface area contributed by atoms with Gasteiger partial charge in [0.15, 0.2) is 0 Å². The van der Waals surface area contributed by atoms with Gasteiger partial charge in [-0.25, -0.2) is 4.98 Å². The molecule has 0 bridgehead atoms. The van der Waals surface area contributed by atoms with Gasteiger partial charge in [-0.15, -0.1) is 11.3 Å². The van der Waals surface area contributed by atoms with Gasteiger partial charge < -0.3 is 9.55 Å². The summed E-state index contributed by atoms with van der Waals surface area (Å²) in [6, 6.07) is 12.9. The third kappa shape index (κ3) is 3.12. The van der Waals surface area contributed by atoms with E-state index in [1.54, 1.807) is 11.3 Å². The van der Waals surface area contributed by atoms with Gasteiger partial charge in [0.1, 0.15) is 10.7 Å². The molecular formula is C23H24N4OS. The highest BCUT2D eigenvalue weighted by Gasteiger charge is 2.25. The summed E-state index contributed by atoms with van der Waals surface area (Å²) in [6.07, 6.45) is 2.14. The number of benzene rings is 1. The molecule has 1 aliphatic heterocycles. The molecule has 0 radical (unpaired) electrons. The van der Waals surface area contributed by atoms with Crippen LogP contribution in [0, 0.1) is 13.8 Å². The fourth-order valence-electron chi connectivity index (χ4n) is 4.34. The van der Waals surface area contributed by atoms with Gasteiger partial charge in [0, 0.05) is 41.5 Å². The SMILES string of the molecule is Cc1ccc(-c2c(C)sc3nc(CN4CCn5cccc5[C@@H]4C)[nH]c(=O)c23)cc1. The summed E-state index contributed by atoms with van der Waals surface area (Å²) in [7, 11) is 0. The highest BCUT2D eigenvalue weighted by atomic mass is 32.1. The minimum absolute atomic E-state index is 0.0436. The van der Waals surface area contributed by atoms with Crippen molar-refractivity contribution in [1.29, 1.82) is 0 Å². The number of fused-ring (bicyclic) bond motifs is 2. The van der Waals surface area contributed by atoms with Crippen LogP contribution >= 0.6 is 11.3 Å². The molecule has 0 fully saturated rings. The number of thiophene rings is 1. The average Bonchev–Trinajstić information content (AvgIpc) is 3.29. The summed E-state index contributed by atoms with van der Waals surface area (Å²) in [6.45, 7) is 8.92. The molecule has 6 heteroatoms. The molecule has 0 saturated heterocycles. The Hall–Kier alpha value is -2.70. The summed E-state index contributed by atoms with van der Waals surface area (Å²) in [4.78, 5) is 25.3. The summed E-state index contributed by atoms with van der Waals surface area (Å²) in [5.74, 6) is 0.742. The van der Waals surface area contributed by atoms with Gasteiger partial charge in [-0.2, -0.15) is 0 Å². The number of aryl methyl sites for hydroxylation is 2. The molecule has 5 nitrogen and oxygen atoms in total. The van der Waals surface area contributed by atoms with E-state index in [0.29, 0.717) is 18.0 Å². The minimum atomic E-state index is -0.0436.